The number of nitrogens with one attached hydrogen (secondary N) is 2. The van der Waals surface area contributed by atoms with Gasteiger partial charge in [0.1, 0.15) is 11.8 Å². The van der Waals surface area contributed by atoms with E-state index in [1.807, 2.05) is 42.5 Å². The fourth-order valence-corrected chi connectivity index (χ4v) is 3.69. The van der Waals surface area contributed by atoms with Crippen LogP contribution in [0, 0.1) is 0 Å². The molecule has 1 unspecified atom stereocenters. The van der Waals surface area contributed by atoms with Gasteiger partial charge in [-0.25, -0.2) is 0 Å². The summed E-state index contributed by atoms with van der Waals surface area (Å²) in [6, 6.07) is 15.7. The number of anilines is 2. The molecule has 1 aliphatic heterocycles. The Hall–Kier alpha value is -3.02. The zero-order valence-electron chi connectivity index (χ0n) is 17.1. The highest BCUT2D eigenvalue weighted by molar-refractivity contribution is 6.03. The Morgan fingerprint density at radius 2 is 1.86 bits per heavy atom. The normalized spacial score (nSPS) is 15.4. The van der Waals surface area contributed by atoms with Gasteiger partial charge in [-0.15, -0.1) is 0 Å². The van der Waals surface area contributed by atoms with Gasteiger partial charge in [0.25, 0.3) is 0 Å². The molecule has 2 aromatic carbocycles. The lowest BCUT2D eigenvalue weighted by Crippen LogP contribution is -2.47. The van der Waals surface area contributed by atoms with Gasteiger partial charge in [0, 0.05) is 20.0 Å². The van der Waals surface area contributed by atoms with E-state index in [9.17, 15) is 9.59 Å². The molecule has 6 heteroatoms. The van der Waals surface area contributed by atoms with E-state index in [1.165, 1.54) is 0 Å². The number of nitrogens with zero attached hydrogens (tertiary/aromatic N) is 1. The second-order valence-electron chi connectivity index (χ2n) is 7.27. The first kappa shape index (κ1) is 20.7. The SMILES string of the molecule is CNC(=O)CCCCCC1C(=O)Nc2ccccc2N1Cc1ccc(OC)cc1. The lowest BCUT2D eigenvalue weighted by atomic mass is 10.00. The van der Waals surface area contributed by atoms with Crippen LogP contribution in [0.4, 0.5) is 11.4 Å². The van der Waals surface area contributed by atoms with Gasteiger partial charge < -0.3 is 20.3 Å². The number of benzene rings is 2. The number of rotatable bonds is 9. The molecule has 0 saturated heterocycles. The van der Waals surface area contributed by atoms with E-state index in [0.717, 1.165) is 48.4 Å². The van der Waals surface area contributed by atoms with Gasteiger partial charge in [0.15, 0.2) is 0 Å². The van der Waals surface area contributed by atoms with Gasteiger partial charge >= 0.3 is 0 Å². The number of carbonyl (C=O) groups excluding carboxylic acids is 2. The third kappa shape index (κ3) is 5.28. The maximum Gasteiger partial charge on any atom is 0.247 e. The first-order valence-electron chi connectivity index (χ1n) is 10.1. The van der Waals surface area contributed by atoms with E-state index >= 15 is 0 Å². The number of fused-ring (bicyclic) bond motifs is 1. The summed E-state index contributed by atoms with van der Waals surface area (Å²) in [5, 5.41) is 5.69. The fraction of sp³-hybridized carbons (Fsp3) is 0.391. The zero-order chi connectivity index (χ0) is 20.6. The van der Waals surface area contributed by atoms with Gasteiger partial charge in [-0.1, -0.05) is 37.1 Å². The molecular formula is C23H29N3O3. The highest BCUT2D eigenvalue weighted by Crippen LogP contribution is 2.34. The summed E-state index contributed by atoms with van der Waals surface area (Å²) in [7, 11) is 3.31. The minimum absolute atomic E-state index is 0.0310. The molecule has 0 aromatic heterocycles. The predicted molar refractivity (Wildman–Crippen MR) is 115 cm³/mol. The fourth-order valence-electron chi connectivity index (χ4n) is 3.69. The summed E-state index contributed by atoms with van der Waals surface area (Å²) in [6.07, 6.45) is 3.95. The van der Waals surface area contributed by atoms with E-state index in [4.69, 9.17) is 4.74 Å². The molecule has 154 valence electrons. The minimum atomic E-state index is -0.230. The highest BCUT2D eigenvalue weighted by atomic mass is 16.5. The third-order valence-electron chi connectivity index (χ3n) is 5.32. The van der Waals surface area contributed by atoms with Crippen LogP contribution in [0.5, 0.6) is 5.75 Å². The van der Waals surface area contributed by atoms with Gasteiger partial charge in [0.05, 0.1) is 18.5 Å². The smallest absolute Gasteiger partial charge is 0.247 e. The molecule has 0 spiro atoms. The van der Waals surface area contributed by atoms with Crippen molar-refractivity contribution in [3.63, 3.8) is 0 Å². The van der Waals surface area contributed by atoms with E-state index in [-0.39, 0.29) is 17.9 Å². The van der Waals surface area contributed by atoms with E-state index < -0.39 is 0 Å². The Labute approximate surface area is 172 Å². The van der Waals surface area contributed by atoms with Crippen molar-refractivity contribution < 1.29 is 14.3 Å². The number of hydrogen-bond acceptors (Lipinski definition) is 4. The maximum absolute atomic E-state index is 12.8. The highest BCUT2D eigenvalue weighted by Gasteiger charge is 2.32. The van der Waals surface area contributed by atoms with E-state index in [2.05, 4.69) is 21.6 Å². The van der Waals surface area contributed by atoms with Crippen LogP contribution < -0.4 is 20.3 Å². The molecule has 0 radical (unpaired) electrons. The monoisotopic (exact) mass is 395 g/mol. The van der Waals surface area contributed by atoms with Crippen molar-refractivity contribution in [1.82, 2.24) is 5.32 Å². The average molecular weight is 396 g/mol. The van der Waals surface area contributed by atoms with Crippen LogP contribution >= 0.6 is 0 Å². The van der Waals surface area contributed by atoms with Gasteiger partial charge in [-0.3, -0.25) is 9.59 Å². The van der Waals surface area contributed by atoms with Gasteiger partial charge in [-0.2, -0.15) is 0 Å². The first-order chi connectivity index (χ1) is 14.1. The van der Waals surface area contributed by atoms with Crippen LogP contribution in [0.3, 0.4) is 0 Å². The molecule has 1 heterocycles. The Bertz CT molecular complexity index is 836. The van der Waals surface area contributed by atoms with Crippen LogP contribution in [0.15, 0.2) is 48.5 Å². The molecule has 2 aromatic rings. The Balaban J connectivity index is 1.71. The minimum Gasteiger partial charge on any atom is -0.497 e. The van der Waals surface area contributed by atoms with Crippen molar-refractivity contribution in [1.29, 1.82) is 0 Å². The van der Waals surface area contributed by atoms with E-state index in [1.54, 1.807) is 14.2 Å². The molecular weight excluding hydrogens is 366 g/mol. The number of ether oxygens (including phenoxy) is 1. The summed E-state index contributed by atoms with van der Waals surface area (Å²) in [6.45, 7) is 0.650. The molecule has 29 heavy (non-hydrogen) atoms. The molecule has 1 atom stereocenters. The topological polar surface area (TPSA) is 70.7 Å². The number of para-hydroxylation sites is 2. The van der Waals surface area contributed by atoms with Crippen molar-refractivity contribution >= 4 is 23.2 Å². The van der Waals surface area contributed by atoms with Crippen molar-refractivity contribution in [2.75, 3.05) is 24.4 Å². The summed E-state index contributed by atoms with van der Waals surface area (Å²) in [5.41, 5.74) is 3.01. The van der Waals surface area contributed by atoms with Crippen LogP contribution in [-0.2, 0) is 16.1 Å². The average Bonchev–Trinajstić information content (AvgIpc) is 2.75. The van der Waals surface area contributed by atoms with Crippen molar-refractivity contribution in [3.05, 3.63) is 54.1 Å². The zero-order valence-corrected chi connectivity index (χ0v) is 17.1. The molecule has 1 aliphatic rings. The molecule has 6 nitrogen and oxygen atoms in total. The standard InChI is InChI=1S/C23H29N3O3/c1-24-22(27)11-5-3-4-10-21-23(28)25-19-8-6-7-9-20(19)26(21)16-17-12-14-18(29-2)15-13-17/h6-9,12-15,21H,3-5,10-11,16H2,1-2H3,(H,24,27)(H,25,28). The quantitative estimate of drug-likeness (QED) is 0.635. The number of hydrogen-bond donors (Lipinski definition) is 2. The Morgan fingerprint density at radius 3 is 2.59 bits per heavy atom. The molecule has 0 saturated carbocycles. The Morgan fingerprint density at radius 1 is 1.10 bits per heavy atom. The lowest BCUT2D eigenvalue weighted by Gasteiger charge is -2.38. The van der Waals surface area contributed by atoms with Gasteiger partial charge in [-0.05, 0) is 42.7 Å². The largest absolute Gasteiger partial charge is 0.497 e. The molecule has 0 fully saturated rings. The summed E-state index contributed by atoms with van der Waals surface area (Å²) >= 11 is 0. The summed E-state index contributed by atoms with van der Waals surface area (Å²) in [5.74, 6) is 0.914. The third-order valence-corrected chi connectivity index (χ3v) is 5.32. The molecule has 0 aliphatic carbocycles. The van der Waals surface area contributed by atoms with Crippen LogP contribution in [0.25, 0.3) is 0 Å². The van der Waals surface area contributed by atoms with Crippen LogP contribution in [0.2, 0.25) is 0 Å². The number of amides is 2. The second-order valence-corrected chi connectivity index (χ2v) is 7.27. The van der Waals surface area contributed by atoms with E-state index in [0.29, 0.717) is 13.0 Å². The van der Waals surface area contributed by atoms with Crippen molar-refractivity contribution in [3.8, 4) is 5.75 Å². The van der Waals surface area contributed by atoms with Gasteiger partial charge in [0.2, 0.25) is 11.8 Å². The summed E-state index contributed by atoms with van der Waals surface area (Å²) in [4.78, 5) is 26.4. The number of unbranched alkanes of at least 4 members (excludes halogenated alkanes) is 2. The van der Waals surface area contributed by atoms with Crippen LogP contribution in [0.1, 0.15) is 37.7 Å². The second kappa shape index (κ2) is 9.96. The molecule has 2 amide bonds. The molecule has 2 N–H and O–H groups in total. The number of methoxy groups -OCH3 is 1. The predicted octanol–water partition coefficient (Wildman–Crippen LogP) is 3.72. The Kier molecular flexibility index (Phi) is 7.11. The first-order valence-corrected chi connectivity index (χ1v) is 10.1. The molecule has 0 bridgehead atoms. The maximum atomic E-state index is 12.8. The van der Waals surface area contributed by atoms with Crippen molar-refractivity contribution in [2.24, 2.45) is 0 Å². The van der Waals surface area contributed by atoms with Crippen molar-refractivity contribution in [2.45, 2.75) is 44.7 Å². The lowest BCUT2D eigenvalue weighted by molar-refractivity contribution is -0.121. The van der Waals surface area contributed by atoms with Crippen LogP contribution in [-0.4, -0.2) is 32.0 Å². The molecule has 3 rings (SSSR count). The summed E-state index contributed by atoms with van der Waals surface area (Å²) < 4.78 is 5.25. The number of carbonyl (C=O) groups is 2.